The van der Waals surface area contributed by atoms with Crippen LogP contribution in [0.5, 0.6) is 0 Å². The monoisotopic (exact) mass is 114 g/mol. The molecule has 2 heteroatoms. The lowest BCUT2D eigenvalue weighted by Gasteiger charge is -2.29. The first-order valence-corrected chi connectivity index (χ1v) is 2.94. The molecule has 0 saturated heterocycles. The van der Waals surface area contributed by atoms with E-state index in [-0.39, 0.29) is 5.92 Å². The van der Waals surface area contributed by atoms with Crippen LogP contribution in [-0.2, 0) is 4.79 Å². The summed E-state index contributed by atoms with van der Waals surface area (Å²) < 4.78 is 0. The summed E-state index contributed by atoms with van der Waals surface area (Å²) in [5.41, 5.74) is 0. The van der Waals surface area contributed by atoms with Gasteiger partial charge in [0.1, 0.15) is 0 Å². The third kappa shape index (κ3) is 0.703. The number of hydrogen-bond acceptors (Lipinski definition) is 1. The van der Waals surface area contributed by atoms with Gasteiger partial charge in [-0.2, -0.15) is 0 Å². The standard InChI is InChI=1S/C6H10O2/c1-4-2-3-5(4)6(7)8/h4-5H,2-3H2,1H3,(H,7,8)/t4-,5+/m1/s1. The minimum absolute atomic E-state index is 0.0324. The Morgan fingerprint density at radius 2 is 2.25 bits per heavy atom. The second-order valence-electron chi connectivity index (χ2n) is 2.50. The van der Waals surface area contributed by atoms with E-state index in [2.05, 4.69) is 0 Å². The van der Waals surface area contributed by atoms with Crippen molar-refractivity contribution in [1.82, 2.24) is 0 Å². The van der Waals surface area contributed by atoms with E-state index >= 15 is 0 Å². The molecule has 0 aromatic heterocycles. The van der Waals surface area contributed by atoms with Gasteiger partial charge in [0, 0.05) is 0 Å². The SMILES string of the molecule is C[C@@H]1CC[C@@H]1C(=O)O. The van der Waals surface area contributed by atoms with Crippen LogP contribution in [0.25, 0.3) is 0 Å². The molecule has 1 aliphatic carbocycles. The molecule has 0 spiro atoms. The predicted molar refractivity (Wildman–Crippen MR) is 29.5 cm³/mol. The lowest BCUT2D eigenvalue weighted by Crippen LogP contribution is -2.30. The normalized spacial score (nSPS) is 36.1. The average Bonchev–Trinajstić information content (AvgIpc) is 1.61. The van der Waals surface area contributed by atoms with Crippen LogP contribution >= 0.6 is 0 Å². The lowest BCUT2D eigenvalue weighted by atomic mass is 9.75. The molecule has 0 aliphatic heterocycles. The number of rotatable bonds is 1. The van der Waals surface area contributed by atoms with Crippen LogP contribution in [0.4, 0.5) is 0 Å². The van der Waals surface area contributed by atoms with E-state index in [0.29, 0.717) is 5.92 Å². The van der Waals surface area contributed by atoms with Crippen molar-refractivity contribution in [2.24, 2.45) is 11.8 Å². The molecule has 0 aromatic rings. The lowest BCUT2D eigenvalue weighted by molar-refractivity contribution is -0.147. The summed E-state index contributed by atoms with van der Waals surface area (Å²) in [4.78, 5) is 10.2. The smallest absolute Gasteiger partial charge is 0.306 e. The minimum Gasteiger partial charge on any atom is -0.481 e. The molecule has 1 N–H and O–H groups in total. The largest absolute Gasteiger partial charge is 0.481 e. The van der Waals surface area contributed by atoms with Crippen LogP contribution in [0.15, 0.2) is 0 Å². The molecule has 1 fully saturated rings. The fourth-order valence-electron chi connectivity index (χ4n) is 1.03. The van der Waals surface area contributed by atoms with Crippen LogP contribution in [0.1, 0.15) is 19.8 Å². The number of hydrogen-bond donors (Lipinski definition) is 1. The highest BCUT2D eigenvalue weighted by Gasteiger charge is 2.32. The van der Waals surface area contributed by atoms with Crippen LogP contribution < -0.4 is 0 Å². The Kier molecular flexibility index (Phi) is 1.24. The molecule has 8 heavy (non-hydrogen) atoms. The highest BCUT2D eigenvalue weighted by Crippen LogP contribution is 2.33. The highest BCUT2D eigenvalue weighted by atomic mass is 16.4. The first-order chi connectivity index (χ1) is 3.72. The molecule has 0 unspecified atom stereocenters. The summed E-state index contributed by atoms with van der Waals surface area (Å²) in [5.74, 6) is -0.230. The van der Waals surface area contributed by atoms with Crippen molar-refractivity contribution >= 4 is 5.97 Å². The number of carbonyl (C=O) groups is 1. The molecule has 1 aliphatic rings. The summed E-state index contributed by atoms with van der Waals surface area (Å²) in [6, 6.07) is 0. The Hall–Kier alpha value is -0.530. The molecule has 1 rings (SSSR count). The van der Waals surface area contributed by atoms with Crippen molar-refractivity contribution in [3.05, 3.63) is 0 Å². The average molecular weight is 114 g/mol. The molecule has 0 amide bonds. The second-order valence-corrected chi connectivity index (χ2v) is 2.50. The molecule has 2 nitrogen and oxygen atoms in total. The molecule has 46 valence electrons. The fourth-order valence-corrected chi connectivity index (χ4v) is 1.03. The van der Waals surface area contributed by atoms with E-state index in [1.54, 1.807) is 0 Å². The molecule has 0 heterocycles. The zero-order chi connectivity index (χ0) is 6.15. The first kappa shape index (κ1) is 5.60. The van der Waals surface area contributed by atoms with Gasteiger partial charge in [-0.1, -0.05) is 6.92 Å². The van der Waals surface area contributed by atoms with Gasteiger partial charge < -0.3 is 5.11 Å². The van der Waals surface area contributed by atoms with Gasteiger partial charge in [0.2, 0.25) is 0 Å². The van der Waals surface area contributed by atoms with Crippen LogP contribution in [0.3, 0.4) is 0 Å². The zero-order valence-corrected chi connectivity index (χ0v) is 4.92. The molecular formula is C6H10O2. The van der Waals surface area contributed by atoms with Gasteiger partial charge in [-0.25, -0.2) is 0 Å². The van der Waals surface area contributed by atoms with Crippen LogP contribution in [0.2, 0.25) is 0 Å². The van der Waals surface area contributed by atoms with Gasteiger partial charge in [0.15, 0.2) is 0 Å². The van der Waals surface area contributed by atoms with Gasteiger partial charge in [-0.3, -0.25) is 4.79 Å². The molecule has 0 aromatic carbocycles. The maximum atomic E-state index is 10.2. The summed E-state index contributed by atoms with van der Waals surface area (Å²) in [5, 5.41) is 8.40. The molecule has 1 saturated carbocycles. The Morgan fingerprint density at radius 3 is 2.25 bits per heavy atom. The third-order valence-corrected chi connectivity index (χ3v) is 1.94. The minimum atomic E-state index is -0.622. The van der Waals surface area contributed by atoms with Crippen molar-refractivity contribution in [3.63, 3.8) is 0 Å². The molecule has 0 radical (unpaired) electrons. The van der Waals surface area contributed by atoms with Crippen molar-refractivity contribution in [2.45, 2.75) is 19.8 Å². The Bertz CT molecular complexity index is 109. The second kappa shape index (κ2) is 1.77. The topological polar surface area (TPSA) is 37.3 Å². The van der Waals surface area contributed by atoms with Gasteiger partial charge in [-0.05, 0) is 18.8 Å². The van der Waals surface area contributed by atoms with E-state index in [4.69, 9.17) is 5.11 Å². The van der Waals surface area contributed by atoms with Gasteiger partial charge in [-0.15, -0.1) is 0 Å². The molecule has 2 atom stereocenters. The fraction of sp³-hybridized carbons (Fsp3) is 0.833. The van der Waals surface area contributed by atoms with E-state index in [0.717, 1.165) is 12.8 Å². The molecule has 0 bridgehead atoms. The predicted octanol–water partition coefficient (Wildman–Crippen LogP) is 1.12. The van der Waals surface area contributed by atoms with Crippen molar-refractivity contribution in [1.29, 1.82) is 0 Å². The van der Waals surface area contributed by atoms with Crippen molar-refractivity contribution < 1.29 is 9.90 Å². The Balaban J connectivity index is 2.37. The summed E-state index contributed by atoms with van der Waals surface area (Å²) in [6.07, 6.45) is 1.98. The van der Waals surface area contributed by atoms with E-state index in [1.165, 1.54) is 0 Å². The number of carboxylic acids is 1. The zero-order valence-electron chi connectivity index (χ0n) is 4.92. The van der Waals surface area contributed by atoms with Crippen LogP contribution in [0, 0.1) is 11.8 Å². The maximum Gasteiger partial charge on any atom is 0.306 e. The highest BCUT2D eigenvalue weighted by molar-refractivity contribution is 5.71. The first-order valence-electron chi connectivity index (χ1n) is 2.94. The Labute approximate surface area is 48.5 Å². The number of aliphatic carboxylic acids is 1. The number of carboxylic acid groups (broad SMARTS) is 1. The van der Waals surface area contributed by atoms with Crippen molar-refractivity contribution in [3.8, 4) is 0 Å². The van der Waals surface area contributed by atoms with Gasteiger partial charge in [0.25, 0.3) is 0 Å². The van der Waals surface area contributed by atoms with Crippen LogP contribution in [-0.4, -0.2) is 11.1 Å². The third-order valence-electron chi connectivity index (χ3n) is 1.94. The van der Waals surface area contributed by atoms with E-state index in [9.17, 15) is 4.79 Å². The summed E-state index contributed by atoms with van der Waals surface area (Å²) in [6.45, 7) is 1.99. The summed E-state index contributed by atoms with van der Waals surface area (Å²) in [7, 11) is 0. The summed E-state index contributed by atoms with van der Waals surface area (Å²) >= 11 is 0. The maximum absolute atomic E-state index is 10.2. The van der Waals surface area contributed by atoms with Gasteiger partial charge >= 0.3 is 5.97 Å². The molecular weight excluding hydrogens is 104 g/mol. The Morgan fingerprint density at radius 1 is 1.62 bits per heavy atom. The van der Waals surface area contributed by atoms with Crippen molar-refractivity contribution in [2.75, 3.05) is 0 Å². The quantitative estimate of drug-likeness (QED) is 0.554. The van der Waals surface area contributed by atoms with E-state index < -0.39 is 5.97 Å². The van der Waals surface area contributed by atoms with E-state index in [1.807, 2.05) is 6.92 Å². The van der Waals surface area contributed by atoms with Gasteiger partial charge in [0.05, 0.1) is 5.92 Å².